The Hall–Kier alpha value is -3.39. The van der Waals surface area contributed by atoms with Gasteiger partial charge in [-0.1, -0.05) is 94.6 Å². The topological polar surface area (TPSA) is 108 Å². The highest BCUT2D eigenvalue weighted by Gasteiger charge is 2.40. The van der Waals surface area contributed by atoms with Crippen LogP contribution < -0.4 is 15.4 Å². The van der Waals surface area contributed by atoms with Crippen molar-refractivity contribution in [2.45, 2.75) is 118 Å². The van der Waals surface area contributed by atoms with Crippen molar-refractivity contribution < 1.29 is 24.2 Å². The Kier molecular flexibility index (Phi) is 18.9. The molecule has 0 aliphatic carbocycles. The van der Waals surface area contributed by atoms with Gasteiger partial charge in [0.25, 0.3) is 0 Å². The molecule has 4 atom stereocenters. The number of nitrogens with zero attached hydrogens (tertiary/aromatic N) is 1. The Morgan fingerprint density at radius 2 is 1.76 bits per heavy atom. The average Bonchev–Trinajstić information content (AvgIpc) is 3.02. The monoisotopic (exact) mass is 639 g/mol. The van der Waals surface area contributed by atoms with Crippen LogP contribution in [0.4, 0.5) is 0 Å². The number of amides is 3. The molecule has 4 unspecified atom stereocenters. The summed E-state index contributed by atoms with van der Waals surface area (Å²) in [4.78, 5) is 36.2. The first kappa shape index (κ1) is 40.6. The summed E-state index contributed by atoms with van der Waals surface area (Å²) in [6, 6.07) is 15.8. The van der Waals surface area contributed by atoms with Crippen molar-refractivity contribution in [3.63, 3.8) is 0 Å². The fourth-order valence-corrected chi connectivity index (χ4v) is 5.51. The van der Waals surface area contributed by atoms with E-state index >= 15 is 0 Å². The van der Waals surface area contributed by atoms with E-state index in [2.05, 4.69) is 54.8 Å². The number of carbonyl (C=O) groups is 3. The average molecular weight is 640 g/mol. The van der Waals surface area contributed by atoms with E-state index in [1.807, 2.05) is 45.9 Å². The SMILES string of the molecule is CCCC1CCc2cccc(CCCNC=O)c2O1.CCNC(=O)C(N(C)C(=O)C(C)C(C)CC)C(C)(C)O.Cc1ccccc1. The molecule has 258 valence electrons. The second-order valence-electron chi connectivity index (χ2n) is 12.9. The molecule has 8 nitrogen and oxygen atoms in total. The van der Waals surface area contributed by atoms with Gasteiger partial charge >= 0.3 is 0 Å². The van der Waals surface area contributed by atoms with Crippen LogP contribution in [0.2, 0.25) is 0 Å². The smallest absolute Gasteiger partial charge is 0.245 e. The molecule has 1 aliphatic rings. The zero-order chi connectivity index (χ0) is 34.7. The van der Waals surface area contributed by atoms with Crippen LogP contribution in [-0.2, 0) is 27.2 Å². The molecule has 1 heterocycles. The highest BCUT2D eigenvalue weighted by Crippen LogP contribution is 2.33. The van der Waals surface area contributed by atoms with Gasteiger partial charge in [-0.05, 0) is 76.8 Å². The predicted molar refractivity (Wildman–Crippen MR) is 188 cm³/mol. The zero-order valence-corrected chi connectivity index (χ0v) is 29.9. The first-order valence-electron chi connectivity index (χ1n) is 17.0. The van der Waals surface area contributed by atoms with Crippen molar-refractivity contribution in [1.29, 1.82) is 0 Å². The molecule has 3 N–H and O–H groups in total. The minimum atomic E-state index is -1.29. The van der Waals surface area contributed by atoms with Crippen molar-refractivity contribution in [1.82, 2.24) is 15.5 Å². The Balaban J connectivity index is 0.000000380. The molecule has 46 heavy (non-hydrogen) atoms. The second-order valence-corrected chi connectivity index (χ2v) is 12.9. The van der Waals surface area contributed by atoms with Crippen molar-refractivity contribution >= 4 is 18.2 Å². The van der Waals surface area contributed by atoms with Crippen LogP contribution in [0, 0.1) is 18.8 Å². The predicted octanol–water partition coefficient (Wildman–Crippen LogP) is 6.26. The van der Waals surface area contributed by atoms with Crippen LogP contribution in [-0.4, -0.2) is 66.1 Å². The van der Waals surface area contributed by atoms with E-state index in [0.29, 0.717) is 12.6 Å². The van der Waals surface area contributed by atoms with Crippen molar-refractivity contribution in [2.24, 2.45) is 11.8 Å². The Morgan fingerprint density at radius 1 is 1.09 bits per heavy atom. The Bertz CT molecular complexity index is 1160. The number of hydrogen-bond acceptors (Lipinski definition) is 5. The summed E-state index contributed by atoms with van der Waals surface area (Å²) in [5.41, 5.74) is 2.65. The van der Waals surface area contributed by atoms with Gasteiger partial charge in [-0.2, -0.15) is 0 Å². The molecule has 0 fully saturated rings. The molecule has 0 radical (unpaired) electrons. The standard InChI is InChI=1S/C16H23NO2.C15H30N2O3.C7H8/c1-2-5-15-10-9-14-7-3-6-13(16(14)19-15)8-4-11-17-12-18;1-8-10(3)11(4)14(19)17(7)12(15(5,6)20)13(18)16-9-2;1-7-5-3-2-4-6-7/h3,6-7,12,15H,2,4-5,8-11H2,1H3,(H,17,18);10-12,20H,8-9H2,1-7H3,(H,16,18);2-6H,1H3. The van der Waals surface area contributed by atoms with Crippen molar-refractivity contribution in [3.05, 3.63) is 65.2 Å². The van der Waals surface area contributed by atoms with Crippen molar-refractivity contribution in [3.8, 4) is 5.75 Å². The van der Waals surface area contributed by atoms with Gasteiger partial charge in [-0.3, -0.25) is 14.4 Å². The lowest BCUT2D eigenvalue weighted by Crippen LogP contribution is -2.59. The lowest BCUT2D eigenvalue weighted by Gasteiger charge is -2.37. The van der Waals surface area contributed by atoms with Gasteiger partial charge in [0.05, 0.1) is 11.7 Å². The van der Waals surface area contributed by atoms with E-state index in [4.69, 9.17) is 4.74 Å². The molecule has 8 heteroatoms. The quantitative estimate of drug-likeness (QED) is 0.167. The maximum Gasteiger partial charge on any atom is 0.245 e. The number of para-hydroxylation sites is 1. The van der Waals surface area contributed by atoms with Gasteiger partial charge in [0.1, 0.15) is 11.8 Å². The number of rotatable bonds is 14. The van der Waals surface area contributed by atoms with Crippen LogP contribution in [0.1, 0.15) is 97.3 Å². The second kappa shape index (κ2) is 21.4. The molecule has 1 aliphatic heterocycles. The molecule has 0 spiro atoms. The van der Waals surface area contributed by atoms with Crippen LogP contribution in [0.5, 0.6) is 5.75 Å². The summed E-state index contributed by atoms with van der Waals surface area (Å²) in [5.74, 6) is 0.731. The summed E-state index contributed by atoms with van der Waals surface area (Å²) in [5, 5.41) is 15.6. The van der Waals surface area contributed by atoms with E-state index in [0.717, 1.165) is 57.2 Å². The van der Waals surface area contributed by atoms with Gasteiger partial charge in [0.15, 0.2) is 0 Å². The number of carbonyl (C=O) groups excluding carboxylic acids is 3. The number of nitrogens with one attached hydrogen (secondary N) is 2. The molecule has 0 aromatic heterocycles. The molecule has 3 amide bonds. The highest BCUT2D eigenvalue weighted by atomic mass is 16.5. The third kappa shape index (κ3) is 13.9. The maximum atomic E-state index is 12.5. The van der Waals surface area contributed by atoms with Crippen LogP contribution in [0.3, 0.4) is 0 Å². The van der Waals surface area contributed by atoms with Crippen LogP contribution in [0.25, 0.3) is 0 Å². The highest BCUT2D eigenvalue weighted by molar-refractivity contribution is 5.89. The van der Waals surface area contributed by atoms with Gasteiger partial charge < -0.3 is 25.4 Å². The minimum absolute atomic E-state index is 0.113. The Labute approximate surface area is 278 Å². The van der Waals surface area contributed by atoms with E-state index in [-0.39, 0.29) is 23.7 Å². The van der Waals surface area contributed by atoms with E-state index in [1.165, 1.54) is 28.0 Å². The van der Waals surface area contributed by atoms with E-state index in [9.17, 15) is 19.5 Å². The summed E-state index contributed by atoms with van der Waals surface area (Å²) >= 11 is 0. The molecule has 0 saturated heterocycles. The van der Waals surface area contributed by atoms with Crippen molar-refractivity contribution in [2.75, 3.05) is 20.1 Å². The normalized spacial score (nSPS) is 15.6. The molecule has 2 aromatic rings. The molecular weight excluding hydrogens is 578 g/mol. The maximum absolute atomic E-state index is 12.5. The number of aliphatic hydroxyl groups is 1. The van der Waals surface area contributed by atoms with Gasteiger partial charge in [-0.25, -0.2) is 0 Å². The molecule has 2 aromatic carbocycles. The number of hydrogen-bond donors (Lipinski definition) is 3. The number of likely N-dealkylation sites (N-methyl/N-ethyl adjacent to an activating group) is 2. The summed E-state index contributed by atoms with van der Waals surface area (Å²) < 4.78 is 6.17. The Morgan fingerprint density at radius 3 is 2.28 bits per heavy atom. The fourth-order valence-electron chi connectivity index (χ4n) is 5.51. The van der Waals surface area contributed by atoms with E-state index < -0.39 is 11.6 Å². The zero-order valence-electron chi connectivity index (χ0n) is 29.9. The fraction of sp³-hybridized carbons (Fsp3) is 0.605. The number of benzene rings is 2. The molecule has 0 saturated carbocycles. The minimum Gasteiger partial charge on any atom is -0.490 e. The van der Waals surface area contributed by atoms with E-state index in [1.54, 1.807) is 20.9 Å². The summed E-state index contributed by atoms with van der Waals surface area (Å²) in [6.07, 6.45) is 8.53. The molecule has 3 rings (SSSR count). The first-order chi connectivity index (χ1) is 21.8. The largest absolute Gasteiger partial charge is 0.490 e. The molecular formula is C38H61N3O5. The third-order valence-corrected chi connectivity index (χ3v) is 8.49. The lowest BCUT2D eigenvalue weighted by molar-refractivity contribution is -0.151. The number of ether oxygens (including phenoxy) is 1. The lowest BCUT2D eigenvalue weighted by atomic mass is 9.90. The summed E-state index contributed by atoms with van der Waals surface area (Å²) in [7, 11) is 1.58. The van der Waals surface area contributed by atoms with Crippen LogP contribution in [0.15, 0.2) is 48.5 Å². The van der Waals surface area contributed by atoms with Gasteiger partial charge in [0.2, 0.25) is 18.2 Å². The summed E-state index contributed by atoms with van der Waals surface area (Å²) in [6.45, 7) is 16.3. The van der Waals surface area contributed by atoms with Gasteiger partial charge in [0, 0.05) is 26.1 Å². The molecule has 0 bridgehead atoms. The van der Waals surface area contributed by atoms with Crippen LogP contribution >= 0.6 is 0 Å². The third-order valence-electron chi connectivity index (χ3n) is 8.49. The first-order valence-corrected chi connectivity index (χ1v) is 17.0. The van der Waals surface area contributed by atoms with Gasteiger partial charge in [-0.15, -0.1) is 0 Å². The number of aryl methyl sites for hydroxylation is 3. The number of fused-ring (bicyclic) bond motifs is 1.